The maximum absolute atomic E-state index is 14.2. The molecular weight excluding hydrogens is 239 g/mol. The summed E-state index contributed by atoms with van der Waals surface area (Å²) >= 11 is 0. The molecular formula is C16H25FN2. The van der Waals surface area contributed by atoms with Gasteiger partial charge in [0.2, 0.25) is 0 Å². The third kappa shape index (κ3) is 3.34. The highest BCUT2D eigenvalue weighted by Crippen LogP contribution is 2.36. The molecule has 0 saturated carbocycles. The van der Waals surface area contributed by atoms with Gasteiger partial charge in [0, 0.05) is 11.6 Å². The van der Waals surface area contributed by atoms with Crippen LogP contribution in [0.15, 0.2) is 24.3 Å². The van der Waals surface area contributed by atoms with E-state index >= 15 is 0 Å². The van der Waals surface area contributed by atoms with Crippen molar-refractivity contribution in [1.82, 2.24) is 10.2 Å². The fourth-order valence-corrected chi connectivity index (χ4v) is 3.33. The lowest BCUT2D eigenvalue weighted by atomic mass is 9.84. The highest BCUT2D eigenvalue weighted by atomic mass is 19.1. The molecule has 106 valence electrons. The molecule has 3 heteroatoms. The number of piperidine rings is 1. The van der Waals surface area contributed by atoms with Crippen LogP contribution in [0.5, 0.6) is 0 Å². The third-order valence-electron chi connectivity index (χ3n) is 4.06. The molecule has 1 N–H and O–H groups in total. The Morgan fingerprint density at radius 2 is 2.16 bits per heavy atom. The van der Waals surface area contributed by atoms with Crippen LogP contribution in [0.4, 0.5) is 4.39 Å². The van der Waals surface area contributed by atoms with Gasteiger partial charge in [-0.15, -0.1) is 0 Å². The molecule has 1 aromatic rings. The molecule has 1 fully saturated rings. The molecule has 1 aliphatic rings. The largest absolute Gasteiger partial charge is 0.319 e. The Balaban J connectivity index is 2.29. The Morgan fingerprint density at radius 1 is 1.37 bits per heavy atom. The molecule has 1 saturated heterocycles. The third-order valence-corrected chi connectivity index (χ3v) is 4.06. The monoisotopic (exact) mass is 264 g/mol. The van der Waals surface area contributed by atoms with Crippen molar-refractivity contribution >= 4 is 0 Å². The number of benzene rings is 1. The van der Waals surface area contributed by atoms with Crippen molar-refractivity contribution < 1.29 is 4.39 Å². The molecule has 2 atom stereocenters. The SMILES string of the molecule is CCCN1CCCC(CNC)C1c1ccccc1F. The maximum Gasteiger partial charge on any atom is 0.127 e. The van der Waals surface area contributed by atoms with E-state index in [1.807, 2.05) is 19.2 Å². The van der Waals surface area contributed by atoms with Crippen LogP contribution in [0, 0.1) is 11.7 Å². The first-order chi connectivity index (χ1) is 9.27. The number of halogens is 1. The highest BCUT2D eigenvalue weighted by Gasteiger charge is 2.33. The molecule has 2 nitrogen and oxygen atoms in total. The van der Waals surface area contributed by atoms with Crippen LogP contribution in [-0.2, 0) is 0 Å². The maximum atomic E-state index is 14.2. The number of rotatable bonds is 5. The van der Waals surface area contributed by atoms with Crippen molar-refractivity contribution in [2.75, 3.05) is 26.7 Å². The number of hydrogen-bond acceptors (Lipinski definition) is 2. The standard InChI is InChI=1S/C16H25FN2/c1-3-10-19-11-6-7-13(12-18-2)16(19)14-8-4-5-9-15(14)17/h4-5,8-9,13,16,18H,3,6-7,10-12H2,1-2H3. The predicted octanol–water partition coefficient (Wildman–Crippen LogP) is 3.21. The van der Waals surface area contributed by atoms with Gasteiger partial charge in [-0.25, -0.2) is 4.39 Å². The number of likely N-dealkylation sites (tertiary alicyclic amines) is 1. The lowest BCUT2D eigenvalue weighted by molar-refractivity contribution is 0.0898. The summed E-state index contributed by atoms with van der Waals surface area (Å²) < 4.78 is 14.2. The second-order valence-corrected chi connectivity index (χ2v) is 5.46. The first-order valence-corrected chi connectivity index (χ1v) is 7.41. The quantitative estimate of drug-likeness (QED) is 0.878. The van der Waals surface area contributed by atoms with Gasteiger partial charge in [0.05, 0.1) is 0 Å². The fourth-order valence-electron chi connectivity index (χ4n) is 3.33. The lowest BCUT2D eigenvalue weighted by Gasteiger charge is -2.42. The summed E-state index contributed by atoms with van der Waals surface area (Å²) in [4.78, 5) is 2.46. The van der Waals surface area contributed by atoms with E-state index < -0.39 is 0 Å². The van der Waals surface area contributed by atoms with E-state index in [2.05, 4.69) is 17.1 Å². The van der Waals surface area contributed by atoms with Crippen LogP contribution in [0.2, 0.25) is 0 Å². The number of nitrogens with one attached hydrogen (secondary N) is 1. The van der Waals surface area contributed by atoms with Crippen molar-refractivity contribution in [2.24, 2.45) is 5.92 Å². The van der Waals surface area contributed by atoms with Crippen LogP contribution >= 0.6 is 0 Å². The van der Waals surface area contributed by atoms with Crippen molar-refractivity contribution in [3.8, 4) is 0 Å². The highest BCUT2D eigenvalue weighted by molar-refractivity contribution is 5.23. The zero-order valence-electron chi connectivity index (χ0n) is 12.0. The lowest BCUT2D eigenvalue weighted by Crippen LogP contribution is -2.42. The summed E-state index contributed by atoms with van der Waals surface area (Å²) in [5.74, 6) is 0.443. The molecule has 1 aliphatic heterocycles. The van der Waals surface area contributed by atoms with Crippen molar-refractivity contribution in [1.29, 1.82) is 0 Å². The van der Waals surface area contributed by atoms with Crippen molar-refractivity contribution in [2.45, 2.75) is 32.2 Å². The van der Waals surface area contributed by atoms with Gasteiger partial charge in [-0.1, -0.05) is 25.1 Å². The van der Waals surface area contributed by atoms with E-state index in [1.165, 1.54) is 12.8 Å². The van der Waals surface area contributed by atoms with E-state index in [4.69, 9.17) is 0 Å². The van der Waals surface area contributed by atoms with Gasteiger partial charge in [0.1, 0.15) is 5.82 Å². The summed E-state index contributed by atoms with van der Waals surface area (Å²) in [5, 5.41) is 3.27. The average molecular weight is 264 g/mol. The molecule has 1 heterocycles. The van der Waals surface area contributed by atoms with Gasteiger partial charge in [-0.2, -0.15) is 0 Å². The van der Waals surface area contributed by atoms with E-state index in [1.54, 1.807) is 12.1 Å². The molecule has 0 amide bonds. The Bertz CT molecular complexity index is 376. The Labute approximate surface area is 116 Å². The minimum Gasteiger partial charge on any atom is -0.319 e. The van der Waals surface area contributed by atoms with E-state index in [0.29, 0.717) is 5.92 Å². The minimum atomic E-state index is -0.0587. The molecule has 2 unspecified atom stereocenters. The minimum absolute atomic E-state index is 0.0587. The van der Waals surface area contributed by atoms with Gasteiger partial charge in [0.25, 0.3) is 0 Å². The second kappa shape index (κ2) is 7.01. The first kappa shape index (κ1) is 14.5. The van der Waals surface area contributed by atoms with Gasteiger partial charge in [-0.05, 0) is 57.9 Å². The smallest absolute Gasteiger partial charge is 0.127 e. The molecule has 2 rings (SSSR count). The van der Waals surface area contributed by atoms with Crippen LogP contribution in [0.3, 0.4) is 0 Å². The molecule has 0 aromatic heterocycles. The zero-order valence-corrected chi connectivity index (χ0v) is 12.0. The summed E-state index contributed by atoms with van der Waals surface area (Å²) in [5.41, 5.74) is 0.871. The molecule has 0 bridgehead atoms. The van der Waals surface area contributed by atoms with Crippen molar-refractivity contribution in [3.63, 3.8) is 0 Å². The fraction of sp³-hybridized carbons (Fsp3) is 0.625. The number of nitrogens with zero attached hydrogens (tertiary/aromatic N) is 1. The van der Waals surface area contributed by atoms with Gasteiger partial charge in [-0.3, -0.25) is 4.90 Å². The molecule has 0 aliphatic carbocycles. The average Bonchev–Trinajstić information content (AvgIpc) is 2.41. The summed E-state index contributed by atoms with van der Waals surface area (Å²) in [6.07, 6.45) is 3.52. The Hall–Kier alpha value is -0.930. The van der Waals surface area contributed by atoms with Crippen LogP contribution in [0.25, 0.3) is 0 Å². The van der Waals surface area contributed by atoms with Gasteiger partial charge >= 0.3 is 0 Å². The van der Waals surface area contributed by atoms with Crippen LogP contribution in [-0.4, -0.2) is 31.6 Å². The molecule has 0 radical (unpaired) electrons. The van der Waals surface area contributed by atoms with E-state index in [-0.39, 0.29) is 11.9 Å². The first-order valence-electron chi connectivity index (χ1n) is 7.41. The predicted molar refractivity (Wildman–Crippen MR) is 77.7 cm³/mol. The number of hydrogen-bond donors (Lipinski definition) is 1. The van der Waals surface area contributed by atoms with Crippen LogP contribution < -0.4 is 5.32 Å². The molecule has 1 aromatic carbocycles. The second-order valence-electron chi connectivity index (χ2n) is 5.46. The zero-order chi connectivity index (χ0) is 13.7. The normalized spacial score (nSPS) is 24.6. The van der Waals surface area contributed by atoms with E-state index in [9.17, 15) is 4.39 Å². The molecule has 19 heavy (non-hydrogen) atoms. The van der Waals surface area contributed by atoms with Crippen molar-refractivity contribution in [3.05, 3.63) is 35.6 Å². The summed E-state index contributed by atoms with van der Waals surface area (Å²) in [6, 6.07) is 7.50. The molecule has 0 spiro atoms. The van der Waals surface area contributed by atoms with E-state index in [0.717, 1.165) is 31.6 Å². The van der Waals surface area contributed by atoms with Gasteiger partial charge in [0.15, 0.2) is 0 Å². The Morgan fingerprint density at radius 3 is 2.84 bits per heavy atom. The summed E-state index contributed by atoms with van der Waals surface area (Å²) in [6.45, 7) is 5.30. The summed E-state index contributed by atoms with van der Waals surface area (Å²) in [7, 11) is 1.98. The Kier molecular flexibility index (Phi) is 5.34. The topological polar surface area (TPSA) is 15.3 Å². The van der Waals surface area contributed by atoms with Crippen LogP contribution in [0.1, 0.15) is 37.8 Å². The van der Waals surface area contributed by atoms with Gasteiger partial charge < -0.3 is 5.32 Å².